The van der Waals surface area contributed by atoms with Gasteiger partial charge in [0.2, 0.25) is 5.78 Å². The highest BCUT2D eigenvalue weighted by molar-refractivity contribution is 6.35. The largest absolute Gasteiger partial charge is 0.496 e. The highest BCUT2D eigenvalue weighted by Gasteiger charge is 2.66. The molecule has 0 fully saturated rings. The van der Waals surface area contributed by atoms with Gasteiger partial charge in [-0.2, -0.15) is 0 Å². The predicted molar refractivity (Wildman–Crippen MR) is 87.6 cm³/mol. The normalized spacial score (nSPS) is 27.7. The molecular weight excluding hydrogens is 352 g/mol. The molecule has 2 atom stereocenters. The molecule has 1 aliphatic carbocycles. The summed E-state index contributed by atoms with van der Waals surface area (Å²) in [5.74, 6) is -0.629. The number of halogens is 1. The average molecular weight is 369 g/mol. The number of allylic oxidation sites excluding steroid dienone is 1. The lowest BCUT2D eigenvalue weighted by atomic mass is 9.72. The van der Waals surface area contributed by atoms with Crippen LogP contribution in [0.1, 0.15) is 23.7 Å². The van der Waals surface area contributed by atoms with Crippen LogP contribution in [0.4, 0.5) is 0 Å². The van der Waals surface area contributed by atoms with E-state index >= 15 is 0 Å². The molecule has 0 saturated heterocycles. The summed E-state index contributed by atoms with van der Waals surface area (Å²) in [4.78, 5) is 25.2. The molecule has 0 aromatic heterocycles. The number of hydrogen-bond donors (Lipinski definition) is 1. The van der Waals surface area contributed by atoms with Crippen molar-refractivity contribution in [1.82, 2.24) is 0 Å². The van der Waals surface area contributed by atoms with E-state index in [0.29, 0.717) is 0 Å². The third-order valence-corrected chi connectivity index (χ3v) is 4.89. The first kappa shape index (κ1) is 17.6. The second kappa shape index (κ2) is 5.64. The van der Waals surface area contributed by atoms with Crippen LogP contribution in [0.3, 0.4) is 0 Å². The molecule has 1 N–H and O–H groups in total. The van der Waals surface area contributed by atoms with Crippen LogP contribution < -0.4 is 14.2 Å². The summed E-state index contributed by atoms with van der Waals surface area (Å²) < 4.78 is 21.6. The monoisotopic (exact) mass is 368 g/mol. The Balaban J connectivity index is 2.31. The smallest absolute Gasteiger partial charge is 0.256 e. The highest BCUT2D eigenvalue weighted by atomic mass is 35.5. The Morgan fingerprint density at radius 3 is 2.36 bits per heavy atom. The van der Waals surface area contributed by atoms with Gasteiger partial charge in [0.15, 0.2) is 17.3 Å². The number of rotatable bonds is 3. The first-order valence-corrected chi connectivity index (χ1v) is 7.81. The molecule has 134 valence electrons. The summed E-state index contributed by atoms with van der Waals surface area (Å²) in [7, 11) is 4.09. The molecule has 0 amide bonds. The van der Waals surface area contributed by atoms with E-state index < -0.39 is 17.0 Å². The summed E-state index contributed by atoms with van der Waals surface area (Å²) in [6, 6.07) is 1.46. The number of ketones is 2. The maximum atomic E-state index is 13.3. The lowest BCUT2D eigenvalue weighted by molar-refractivity contribution is -0.135. The fourth-order valence-electron chi connectivity index (χ4n) is 3.33. The molecule has 1 aliphatic heterocycles. The summed E-state index contributed by atoms with van der Waals surface area (Å²) in [6.07, 6.45) is 0.843. The minimum atomic E-state index is -1.93. The molecule has 1 spiro atoms. The van der Waals surface area contributed by atoms with E-state index in [9.17, 15) is 14.7 Å². The molecule has 1 aromatic rings. The van der Waals surface area contributed by atoms with E-state index in [0.717, 1.165) is 6.08 Å². The second-order valence-electron chi connectivity index (χ2n) is 6.04. The number of methoxy groups -OCH3 is 3. The third kappa shape index (κ3) is 2.15. The first-order chi connectivity index (χ1) is 11.7. The van der Waals surface area contributed by atoms with Gasteiger partial charge in [0.25, 0.3) is 5.60 Å². The number of fused-ring (bicyclic) bond motifs is 1. The summed E-state index contributed by atoms with van der Waals surface area (Å²) >= 11 is 6.30. The van der Waals surface area contributed by atoms with Gasteiger partial charge < -0.3 is 24.1 Å². The minimum Gasteiger partial charge on any atom is -0.496 e. The average Bonchev–Trinajstić information content (AvgIpc) is 2.87. The Morgan fingerprint density at radius 2 is 1.80 bits per heavy atom. The van der Waals surface area contributed by atoms with Gasteiger partial charge in [0.05, 0.1) is 21.3 Å². The molecule has 1 aromatic carbocycles. The van der Waals surface area contributed by atoms with Gasteiger partial charge in [0, 0.05) is 18.6 Å². The van der Waals surface area contributed by atoms with Crippen molar-refractivity contribution in [1.29, 1.82) is 0 Å². The summed E-state index contributed by atoms with van der Waals surface area (Å²) in [6.45, 7) is 1.35. The van der Waals surface area contributed by atoms with E-state index in [1.165, 1.54) is 34.3 Å². The topological polar surface area (TPSA) is 91.3 Å². The number of benzene rings is 1. The molecule has 8 heteroatoms. The molecule has 2 aliphatic rings. The zero-order chi connectivity index (χ0) is 18.6. The van der Waals surface area contributed by atoms with Gasteiger partial charge in [-0.3, -0.25) is 9.59 Å². The molecular formula is C17H17ClO7. The number of hydrogen-bond acceptors (Lipinski definition) is 7. The molecule has 0 saturated carbocycles. The molecule has 0 radical (unpaired) electrons. The number of ether oxygens (including phenoxy) is 4. The maximum Gasteiger partial charge on any atom is 0.256 e. The zero-order valence-corrected chi connectivity index (χ0v) is 14.9. The lowest BCUT2D eigenvalue weighted by Gasteiger charge is -2.42. The molecule has 3 rings (SSSR count). The van der Waals surface area contributed by atoms with Gasteiger partial charge in [-0.15, -0.1) is 0 Å². The Hall–Kier alpha value is -2.25. The van der Waals surface area contributed by atoms with Crippen LogP contribution in [0, 0.1) is 0 Å². The second-order valence-corrected chi connectivity index (χ2v) is 6.42. The van der Waals surface area contributed by atoms with Crippen LogP contribution in [-0.4, -0.2) is 49.2 Å². The Labute approximate surface area is 149 Å². The lowest BCUT2D eigenvalue weighted by Crippen LogP contribution is -2.63. The van der Waals surface area contributed by atoms with Gasteiger partial charge in [-0.25, -0.2) is 0 Å². The van der Waals surface area contributed by atoms with Crippen LogP contribution in [0.15, 0.2) is 17.9 Å². The summed E-state index contributed by atoms with van der Waals surface area (Å²) in [5.41, 5.74) is -3.71. The minimum absolute atomic E-state index is 0.0143. The van der Waals surface area contributed by atoms with Gasteiger partial charge >= 0.3 is 0 Å². The van der Waals surface area contributed by atoms with Crippen LogP contribution in [-0.2, 0) is 9.53 Å². The molecule has 7 nitrogen and oxygen atoms in total. The third-order valence-electron chi connectivity index (χ3n) is 4.53. The first-order valence-electron chi connectivity index (χ1n) is 7.43. The Morgan fingerprint density at radius 1 is 1.16 bits per heavy atom. The van der Waals surface area contributed by atoms with Gasteiger partial charge in [-0.1, -0.05) is 11.6 Å². The molecule has 25 heavy (non-hydrogen) atoms. The molecule has 1 heterocycles. The number of Topliss-reactive ketones (excluding diaryl/α,β-unsaturated/α-hetero) is 1. The van der Waals surface area contributed by atoms with E-state index in [1.807, 2.05) is 0 Å². The number of aliphatic hydroxyl groups is 1. The number of carbonyl (C=O) groups is 2. The Kier molecular flexibility index (Phi) is 3.96. The van der Waals surface area contributed by atoms with Crippen molar-refractivity contribution in [2.75, 3.05) is 21.3 Å². The SMILES string of the molecule is COC1=CC(=O)CC(C)(O)[C@]12Oc1c(Cl)c(OC)cc(OC)c1C2=O. The fraction of sp³-hybridized carbons (Fsp3) is 0.412. The number of carbonyl (C=O) groups excluding carboxylic acids is 2. The van der Waals surface area contributed by atoms with E-state index in [2.05, 4.69) is 0 Å². The van der Waals surface area contributed by atoms with Crippen LogP contribution in [0.25, 0.3) is 0 Å². The predicted octanol–water partition coefficient (Wildman–Crippen LogP) is 1.93. The van der Waals surface area contributed by atoms with Crippen molar-refractivity contribution in [3.05, 3.63) is 28.5 Å². The van der Waals surface area contributed by atoms with E-state index in [4.69, 9.17) is 30.5 Å². The van der Waals surface area contributed by atoms with Crippen LogP contribution in [0.2, 0.25) is 5.02 Å². The van der Waals surface area contributed by atoms with E-state index in [1.54, 1.807) is 0 Å². The molecule has 1 unspecified atom stereocenters. The highest BCUT2D eigenvalue weighted by Crippen LogP contribution is 2.55. The van der Waals surface area contributed by atoms with Crippen molar-refractivity contribution in [3.8, 4) is 17.2 Å². The van der Waals surface area contributed by atoms with Crippen molar-refractivity contribution < 1.29 is 33.6 Å². The quantitative estimate of drug-likeness (QED) is 0.871. The van der Waals surface area contributed by atoms with Crippen molar-refractivity contribution in [3.63, 3.8) is 0 Å². The zero-order valence-electron chi connectivity index (χ0n) is 14.1. The Bertz CT molecular complexity index is 812. The van der Waals surface area contributed by atoms with Crippen molar-refractivity contribution in [2.45, 2.75) is 24.5 Å². The van der Waals surface area contributed by atoms with Gasteiger partial charge in [-0.05, 0) is 6.92 Å². The van der Waals surface area contributed by atoms with Crippen LogP contribution >= 0.6 is 11.6 Å². The molecule has 0 bridgehead atoms. The van der Waals surface area contributed by atoms with Crippen molar-refractivity contribution >= 4 is 23.2 Å². The summed E-state index contributed by atoms with van der Waals surface area (Å²) in [5, 5.41) is 11.0. The fourth-order valence-corrected chi connectivity index (χ4v) is 3.60. The van der Waals surface area contributed by atoms with Crippen molar-refractivity contribution in [2.24, 2.45) is 0 Å². The maximum absolute atomic E-state index is 13.3. The van der Waals surface area contributed by atoms with E-state index in [-0.39, 0.29) is 45.8 Å². The standard InChI is InChI=1S/C17H17ClO7/c1-16(21)7-8(19)5-11(24-4)17(16)15(20)12-9(22-2)6-10(23-3)13(18)14(12)25-17/h5-6,21H,7H2,1-4H3/t16?,17-/m0/s1. The van der Waals surface area contributed by atoms with Gasteiger partial charge in [0.1, 0.15) is 27.7 Å². The van der Waals surface area contributed by atoms with Crippen LogP contribution in [0.5, 0.6) is 17.2 Å².